The number of nitrogen functional groups attached to an aromatic ring is 1. The molecule has 4 heteroatoms. The van der Waals surface area contributed by atoms with E-state index in [0.717, 1.165) is 30.4 Å². The van der Waals surface area contributed by atoms with Crippen LogP contribution in [0.3, 0.4) is 0 Å². The Labute approximate surface area is 126 Å². The Morgan fingerprint density at radius 3 is 2.62 bits per heavy atom. The number of nitrogens with zero attached hydrogens (tertiary/aromatic N) is 2. The van der Waals surface area contributed by atoms with Crippen molar-refractivity contribution in [3.63, 3.8) is 0 Å². The summed E-state index contributed by atoms with van der Waals surface area (Å²) >= 11 is 0. The Kier molecular flexibility index (Phi) is 4.46. The molecule has 0 aliphatic carbocycles. The molecule has 4 nitrogen and oxygen atoms in total. The summed E-state index contributed by atoms with van der Waals surface area (Å²) in [7, 11) is 0. The number of aromatic nitrogens is 2. The number of nitrogens with two attached hydrogens (primary N) is 1. The van der Waals surface area contributed by atoms with Crippen molar-refractivity contribution in [1.82, 2.24) is 9.78 Å². The lowest BCUT2D eigenvalue weighted by atomic mass is 10.0. The minimum atomic E-state index is 0.459. The molecule has 2 rings (SSSR count). The second-order valence-electron chi connectivity index (χ2n) is 5.99. The van der Waals surface area contributed by atoms with Gasteiger partial charge in [-0.3, -0.25) is 4.79 Å². The van der Waals surface area contributed by atoms with Gasteiger partial charge in [0.15, 0.2) is 6.29 Å². The smallest absolute Gasteiger partial charge is 0.156 e. The molecular formula is C17H23N3O. The first-order chi connectivity index (χ1) is 9.93. The Morgan fingerprint density at radius 2 is 2.05 bits per heavy atom. The molecule has 0 aliphatic rings. The summed E-state index contributed by atoms with van der Waals surface area (Å²) in [6.07, 6.45) is 1.79. The molecule has 0 saturated heterocycles. The minimum Gasteiger partial charge on any atom is -0.383 e. The summed E-state index contributed by atoms with van der Waals surface area (Å²) < 4.78 is 1.75. The van der Waals surface area contributed by atoms with Gasteiger partial charge in [0.05, 0.1) is 5.56 Å². The summed E-state index contributed by atoms with van der Waals surface area (Å²) in [6.45, 7) is 9.12. The van der Waals surface area contributed by atoms with Crippen molar-refractivity contribution >= 4 is 12.1 Å². The van der Waals surface area contributed by atoms with Gasteiger partial charge >= 0.3 is 0 Å². The van der Waals surface area contributed by atoms with Gasteiger partial charge in [0.25, 0.3) is 0 Å². The zero-order valence-corrected chi connectivity index (χ0v) is 13.2. The molecule has 0 unspecified atom stereocenters. The van der Waals surface area contributed by atoms with Crippen LogP contribution in [0.1, 0.15) is 41.8 Å². The molecule has 0 atom stereocenters. The molecular weight excluding hydrogens is 262 g/mol. The lowest BCUT2D eigenvalue weighted by Gasteiger charge is -2.06. The quantitative estimate of drug-likeness (QED) is 0.854. The molecule has 0 amide bonds. The lowest BCUT2D eigenvalue weighted by Crippen LogP contribution is -2.07. The zero-order valence-electron chi connectivity index (χ0n) is 13.2. The average Bonchev–Trinajstić information content (AvgIpc) is 2.72. The van der Waals surface area contributed by atoms with Crippen LogP contribution in [0.5, 0.6) is 0 Å². The van der Waals surface area contributed by atoms with Crippen LogP contribution in [0.4, 0.5) is 5.82 Å². The van der Waals surface area contributed by atoms with Crippen LogP contribution in [0.15, 0.2) is 18.2 Å². The van der Waals surface area contributed by atoms with Gasteiger partial charge in [0.2, 0.25) is 0 Å². The van der Waals surface area contributed by atoms with Crippen molar-refractivity contribution in [2.75, 3.05) is 5.73 Å². The van der Waals surface area contributed by atoms with E-state index in [9.17, 15) is 4.79 Å². The average molecular weight is 285 g/mol. The van der Waals surface area contributed by atoms with E-state index in [-0.39, 0.29) is 0 Å². The topological polar surface area (TPSA) is 60.9 Å². The van der Waals surface area contributed by atoms with E-state index in [4.69, 9.17) is 5.73 Å². The number of aldehydes is 1. The molecule has 1 heterocycles. The molecule has 2 aromatic rings. The first-order valence-corrected chi connectivity index (χ1v) is 7.33. The Bertz CT molecular complexity index is 656. The standard InChI is InChI=1S/C17H23N3O/c1-11(2)7-8-20-17(18)15(10-21)16(19-20)14-6-5-12(3)9-13(14)4/h5-6,9-11H,7-8,18H2,1-4H3. The number of benzene rings is 1. The fraction of sp³-hybridized carbons (Fsp3) is 0.412. The van der Waals surface area contributed by atoms with Gasteiger partial charge in [-0.25, -0.2) is 4.68 Å². The van der Waals surface area contributed by atoms with Crippen LogP contribution in [-0.4, -0.2) is 16.1 Å². The molecule has 0 bridgehead atoms. The fourth-order valence-corrected chi connectivity index (χ4v) is 2.43. The number of anilines is 1. The van der Waals surface area contributed by atoms with Gasteiger partial charge in [-0.05, 0) is 31.7 Å². The summed E-state index contributed by atoms with van der Waals surface area (Å²) in [5.41, 5.74) is 10.5. The minimum absolute atomic E-state index is 0.459. The molecule has 0 aliphatic heterocycles. The molecule has 0 saturated carbocycles. The second kappa shape index (κ2) is 6.12. The predicted molar refractivity (Wildman–Crippen MR) is 86.4 cm³/mol. The van der Waals surface area contributed by atoms with Gasteiger partial charge < -0.3 is 5.73 Å². The molecule has 1 aromatic heterocycles. The van der Waals surface area contributed by atoms with E-state index >= 15 is 0 Å². The Hall–Kier alpha value is -2.10. The zero-order chi connectivity index (χ0) is 15.6. The highest BCUT2D eigenvalue weighted by atomic mass is 16.1. The first kappa shape index (κ1) is 15.3. The van der Waals surface area contributed by atoms with Gasteiger partial charge in [-0.1, -0.05) is 37.6 Å². The van der Waals surface area contributed by atoms with Crippen molar-refractivity contribution < 1.29 is 4.79 Å². The highest BCUT2D eigenvalue weighted by molar-refractivity contribution is 5.92. The molecule has 0 spiro atoms. The van der Waals surface area contributed by atoms with Crippen LogP contribution in [0.25, 0.3) is 11.3 Å². The lowest BCUT2D eigenvalue weighted by molar-refractivity contribution is 0.112. The van der Waals surface area contributed by atoms with E-state index in [1.165, 1.54) is 5.56 Å². The van der Waals surface area contributed by atoms with Gasteiger partial charge in [-0.2, -0.15) is 5.10 Å². The molecule has 21 heavy (non-hydrogen) atoms. The van der Waals surface area contributed by atoms with Gasteiger partial charge in [0.1, 0.15) is 11.5 Å². The SMILES string of the molecule is Cc1ccc(-c2nn(CCC(C)C)c(N)c2C=O)c(C)c1. The van der Waals surface area contributed by atoms with E-state index in [1.54, 1.807) is 4.68 Å². The summed E-state index contributed by atoms with van der Waals surface area (Å²) in [5.74, 6) is 1.03. The predicted octanol–water partition coefficient (Wildman–Crippen LogP) is 3.61. The van der Waals surface area contributed by atoms with Crippen molar-refractivity contribution in [2.24, 2.45) is 5.92 Å². The number of carbonyl (C=O) groups excluding carboxylic acids is 1. The number of hydrogen-bond donors (Lipinski definition) is 1. The molecule has 1 aromatic carbocycles. The van der Waals surface area contributed by atoms with Gasteiger partial charge in [-0.15, -0.1) is 0 Å². The molecule has 0 fully saturated rings. The maximum atomic E-state index is 11.4. The monoisotopic (exact) mass is 285 g/mol. The first-order valence-electron chi connectivity index (χ1n) is 7.33. The second-order valence-corrected chi connectivity index (χ2v) is 5.99. The van der Waals surface area contributed by atoms with Crippen molar-refractivity contribution in [1.29, 1.82) is 0 Å². The number of carbonyl (C=O) groups is 1. The van der Waals surface area contributed by atoms with E-state index in [0.29, 0.717) is 23.0 Å². The van der Waals surface area contributed by atoms with Crippen LogP contribution in [-0.2, 0) is 6.54 Å². The number of rotatable bonds is 5. The molecule has 112 valence electrons. The van der Waals surface area contributed by atoms with Crippen molar-refractivity contribution in [3.05, 3.63) is 34.9 Å². The number of hydrogen-bond acceptors (Lipinski definition) is 3. The van der Waals surface area contributed by atoms with Crippen LogP contribution in [0.2, 0.25) is 0 Å². The summed E-state index contributed by atoms with van der Waals surface area (Å²) in [5, 5.41) is 4.57. The third-order valence-corrected chi connectivity index (χ3v) is 3.70. The third-order valence-electron chi connectivity index (χ3n) is 3.70. The summed E-state index contributed by atoms with van der Waals surface area (Å²) in [4.78, 5) is 11.4. The fourth-order valence-electron chi connectivity index (χ4n) is 2.43. The summed E-state index contributed by atoms with van der Waals surface area (Å²) in [6, 6.07) is 6.12. The van der Waals surface area contributed by atoms with Crippen LogP contribution >= 0.6 is 0 Å². The number of aryl methyl sites for hydroxylation is 3. The maximum Gasteiger partial charge on any atom is 0.156 e. The van der Waals surface area contributed by atoms with Gasteiger partial charge in [0, 0.05) is 12.1 Å². The maximum absolute atomic E-state index is 11.4. The normalized spacial score (nSPS) is 11.1. The largest absolute Gasteiger partial charge is 0.383 e. The third kappa shape index (κ3) is 3.15. The Balaban J connectivity index is 2.48. The molecule has 0 radical (unpaired) electrons. The van der Waals surface area contributed by atoms with E-state index in [1.807, 2.05) is 26.0 Å². The Morgan fingerprint density at radius 1 is 1.33 bits per heavy atom. The van der Waals surface area contributed by atoms with Crippen molar-refractivity contribution in [2.45, 2.75) is 40.7 Å². The van der Waals surface area contributed by atoms with E-state index in [2.05, 4.69) is 25.0 Å². The highest BCUT2D eigenvalue weighted by Gasteiger charge is 2.18. The molecule has 2 N–H and O–H groups in total. The van der Waals surface area contributed by atoms with Crippen molar-refractivity contribution in [3.8, 4) is 11.3 Å². The highest BCUT2D eigenvalue weighted by Crippen LogP contribution is 2.29. The van der Waals surface area contributed by atoms with E-state index < -0.39 is 0 Å². The van der Waals surface area contributed by atoms with Crippen LogP contribution in [0, 0.1) is 19.8 Å². The van der Waals surface area contributed by atoms with Crippen LogP contribution < -0.4 is 5.73 Å².